The first-order chi connectivity index (χ1) is 6.29. The Balaban J connectivity index is 2.33. The zero-order valence-corrected chi connectivity index (χ0v) is 7.39. The highest BCUT2D eigenvalue weighted by Gasteiger charge is 2.20. The maximum absolute atomic E-state index is 13.5. The SMILES string of the molecule is Nc1cccc(C2CCNC2)c1F. The zero-order chi connectivity index (χ0) is 9.26. The predicted octanol–water partition coefficient (Wildman–Crippen LogP) is 1.48. The van der Waals surface area contributed by atoms with Crippen LogP contribution in [0.5, 0.6) is 0 Å². The molecule has 1 atom stereocenters. The highest BCUT2D eigenvalue weighted by molar-refractivity contribution is 5.44. The van der Waals surface area contributed by atoms with Crippen LogP contribution in [0.3, 0.4) is 0 Å². The second kappa shape index (κ2) is 3.34. The molecular weight excluding hydrogens is 167 g/mol. The van der Waals surface area contributed by atoms with E-state index in [4.69, 9.17) is 5.73 Å². The molecule has 3 N–H and O–H groups in total. The van der Waals surface area contributed by atoms with Crippen LogP contribution in [0, 0.1) is 5.82 Å². The van der Waals surface area contributed by atoms with Crippen LogP contribution in [0.1, 0.15) is 17.9 Å². The van der Waals surface area contributed by atoms with Crippen LogP contribution < -0.4 is 11.1 Å². The molecule has 0 amide bonds. The predicted molar refractivity (Wildman–Crippen MR) is 51.0 cm³/mol. The Bertz CT molecular complexity index is 306. The molecule has 0 radical (unpaired) electrons. The summed E-state index contributed by atoms with van der Waals surface area (Å²) in [6.45, 7) is 1.83. The maximum Gasteiger partial charge on any atom is 0.149 e. The van der Waals surface area contributed by atoms with Crippen molar-refractivity contribution in [3.8, 4) is 0 Å². The molecule has 70 valence electrons. The summed E-state index contributed by atoms with van der Waals surface area (Å²) >= 11 is 0. The quantitative estimate of drug-likeness (QED) is 0.642. The van der Waals surface area contributed by atoms with Gasteiger partial charge < -0.3 is 11.1 Å². The number of nitrogens with one attached hydrogen (secondary N) is 1. The lowest BCUT2D eigenvalue weighted by Crippen LogP contribution is -2.09. The van der Waals surface area contributed by atoms with E-state index in [-0.39, 0.29) is 11.5 Å². The largest absolute Gasteiger partial charge is 0.396 e. The Kier molecular flexibility index (Phi) is 2.19. The number of hydrogen-bond acceptors (Lipinski definition) is 2. The van der Waals surface area contributed by atoms with Gasteiger partial charge in [0.05, 0.1) is 5.69 Å². The maximum atomic E-state index is 13.5. The van der Waals surface area contributed by atoms with E-state index in [1.54, 1.807) is 6.07 Å². The number of rotatable bonds is 1. The Morgan fingerprint density at radius 1 is 1.46 bits per heavy atom. The number of nitrogens with two attached hydrogens (primary N) is 1. The van der Waals surface area contributed by atoms with Gasteiger partial charge in [-0.05, 0) is 24.6 Å². The Labute approximate surface area is 76.9 Å². The first-order valence-electron chi connectivity index (χ1n) is 4.53. The normalized spacial score (nSPS) is 22.1. The average Bonchev–Trinajstić information content (AvgIpc) is 2.62. The van der Waals surface area contributed by atoms with Crippen LogP contribution in [0.25, 0.3) is 0 Å². The van der Waals surface area contributed by atoms with Crippen LogP contribution >= 0.6 is 0 Å². The number of nitrogen functional groups attached to an aromatic ring is 1. The number of benzene rings is 1. The molecule has 1 fully saturated rings. The van der Waals surface area contributed by atoms with Crippen LogP contribution in [-0.2, 0) is 0 Å². The highest BCUT2D eigenvalue weighted by Crippen LogP contribution is 2.27. The topological polar surface area (TPSA) is 38.0 Å². The van der Waals surface area contributed by atoms with Gasteiger partial charge in [0.15, 0.2) is 0 Å². The lowest BCUT2D eigenvalue weighted by Gasteiger charge is -2.10. The van der Waals surface area contributed by atoms with Crippen LogP contribution in [0.4, 0.5) is 10.1 Å². The molecule has 0 aromatic heterocycles. The molecule has 1 aromatic rings. The molecule has 2 rings (SSSR count). The minimum Gasteiger partial charge on any atom is -0.396 e. The van der Waals surface area contributed by atoms with Gasteiger partial charge in [0.25, 0.3) is 0 Å². The molecule has 1 unspecified atom stereocenters. The van der Waals surface area contributed by atoms with E-state index in [0.29, 0.717) is 5.92 Å². The van der Waals surface area contributed by atoms with Crippen molar-refractivity contribution in [1.29, 1.82) is 0 Å². The highest BCUT2D eigenvalue weighted by atomic mass is 19.1. The van der Waals surface area contributed by atoms with Crippen LogP contribution in [0.2, 0.25) is 0 Å². The fraction of sp³-hybridized carbons (Fsp3) is 0.400. The molecule has 1 aliphatic rings. The monoisotopic (exact) mass is 180 g/mol. The van der Waals surface area contributed by atoms with Gasteiger partial charge in [-0.15, -0.1) is 0 Å². The first kappa shape index (κ1) is 8.51. The molecule has 0 aliphatic carbocycles. The summed E-state index contributed by atoms with van der Waals surface area (Å²) < 4.78 is 13.5. The molecule has 3 heteroatoms. The van der Waals surface area contributed by atoms with E-state index in [1.807, 2.05) is 12.1 Å². The van der Waals surface area contributed by atoms with Crippen molar-refractivity contribution in [2.24, 2.45) is 0 Å². The molecule has 2 nitrogen and oxygen atoms in total. The zero-order valence-electron chi connectivity index (χ0n) is 7.39. The molecule has 0 bridgehead atoms. The van der Waals surface area contributed by atoms with Crippen molar-refractivity contribution in [3.63, 3.8) is 0 Å². The molecular formula is C10H13FN2. The second-order valence-corrected chi connectivity index (χ2v) is 3.44. The summed E-state index contributed by atoms with van der Waals surface area (Å²) in [5.41, 5.74) is 6.50. The Morgan fingerprint density at radius 2 is 2.31 bits per heavy atom. The van der Waals surface area contributed by atoms with Crippen LogP contribution in [-0.4, -0.2) is 13.1 Å². The third-order valence-electron chi connectivity index (χ3n) is 2.56. The molecule has 1 saturated heterocycles. The van der Waals surface area contributed by atoms with Crippen molar-refractivity contribution in [3.05, 3.63) is 29.6 Å². The van der Waals surface area contributed by atoms with Crippen molar-refractivity contribution in [2.45, 2.75) is 12.3 Å². The summed E-state index contributed by atoms with van der Waals surface area (Å²) in [7, 11) is 0. The lowest BCUT2D eigenvalue weighted by atomic mass is 9.97. The minimum absolute atomic E-state index is 0.240. The fourth-order valence-corrected chi connectivity index (χ4v) is 1.80. The molecule has 13 heavy (non-hydrogen) atoms. The van der Waals surface area contributed by atoms with E-state index in [1.165, 1.54) is 0 Å². The molecule has 1 aromatic carbocycles. The van der Waals surface area contributed by atoms with Gasteiger partial charge in [-0.1, -0.05) is 12.1 Å². The lowest BCUT2D eigenvalue weighted by molar-refractivity contribution is 0.592. The van der Waals surface area contributed by atoms with E-state index < -0.39 is 0 Å². The van der Waals surface area contributed by atoms with Crippen molar-refractivity contribution < 1.29 is 4.39 Å². The standard InChI is InChI=1S/C10H13FN2/c11-10-8(2-1-3-9(10)12)7-4-5-13-6-7/h1-3,7,13H,4-6,12H2. The van der Waals surface area contributed by atoms with Gasteiger partial charge in [-0.2, -0.15) is 0 Å². The molecule has 1 aliphatic heterocycles. The summed E-state index contributed by atoms with van der Waals surface area (Å²) in [6.07, 6.45) is 1.00. The van der Waals surface area contributed by atoms with Gasteiger partial charge in [-0.25, -0.2) is 4.39 Å². The average molecular weight is 180 g/mol. The third kappa shape index (κ3) is 1.52. The summed E-state index contributed by atoms with van der Waals surface area (Å²) in [6, 6.07) is 5.23. The van der Waals surface area contributed by atoms with Crippen molar-refractivity contribution in [1.82, 2.24) is 5.32 Å². The molecule has 0 spiro atoms. The van der Waals surface area contributed by atoms with Gasteiger partial charge in [-0.3, -0.25) is 0 Å². The Hall–Kier alpha value is -1.09. The fourth-order valence-electron chi connectivity index (χ4n) is 1.80. The van der Waals surface area contributed by atoms with Gasteiger partial charge >= 0.3 is 0 Å². The summed E-state index contributed by atoms with van der Waals surface area (Å²) in [4.78, 5) is 0. The smallest absolute Gasteiger partial charge is 0.149 e. The number of anilines is 1. The molecule has 0 saturated carbocycles. The summed E-state index contributed by atoms with van der Waals surface area (Å²) in [5, 5.41) is 3.21. The van der Waals surface area contributed by atoms with Crippen LogP contribution in [0.15, 0.2) is 18.2 Å². The van der Waals surface area contributed by atoms with Gasteiger partial charge in [0, 0.05) is 12.5 Å². The van der Waals surface area contributed by atoms with Gasteiger partial charge in [0.2, 0.25) is 0 Å². The molecule has 1 heterocycles. The van der Waals surface area contributed by atoms with E-state index in [2.05, 4.69) is 5.32 Å². The Morgan fingerprint density at radius 3 is 3.00 bits per heavy atom. The first-order valence-corrected chi connectivity index (χ1v) is 4.53. The van der Waals surface area contributed by atoms with E-state index >= 15 is 0 Å². The summed E-state index contributed by atoms with van der Waals surface area (Å²) in [5.74, 6) is 0.0553. The number of halogens is 1. The third-order valence-corrected chi connectivity index (χ3v) is 2.56. The van der Waals surface area contributed by atoms with Crippen molar-refractivity contribution in [2.75, 3.05) is 18.8 Å². The minimum atomic E-state index is -0.240. The van der Waals surface area contributed by atoms with Crippen molar-refractivity contribution >= 4 is 5.69 Å². The second-order valence-electron chi connectivity index (χ2n) is 3.44. The van der Waals surface area contributed by atoms with E-state index in [9.17, 15) is 4.39 Å². The van der Waals surface area contributed by atoms with Gasteiger partial charge in [0.1, 0.15) is 5.82 Å². The number of hydrogen-bond donors (Lipinski definition) is 2. The van der Waals surface area contributed by atoms with E-state index in [0.717, 1.165) is 25.1 Å².